The number of benzene rings is 1. The third-order valence-electron chi connectivity index (χ3n) is 5.37. The summed E-state index contributed by atoms with van der Waals surface area (Å²) in [6, 6.07) is 4.04. The van der Waals surface area contributed by atoms with E-state index in [9.17, 15) is 14.7 Å². The van der Waals surface area contributed by atoms with Crippen molar-refractivity contribution in [2.75, 3.05) is 13.1 Å². The first kappa shape index (κ1) is 18.3. The number of carbonyl (C=O) groups is 2. The van der Waals surface area contributed by atoms with E-state index in [1.807, 2.05) is 13.8 Å². The molecule has 0 bridgehead atoms. The van der Waals surface area contributed by atoms with Crippen LogP contribution in [0.15, 0.2) is 12.1 Å². The van der Waals surface area contributed by atoms with Gasteiger partial charge in [0.15, 0.2) is 0 Å². The topological polar surface area (TPSA) is 85.4 Å². The number of aliphatic carboxylic acids is 1. The van der Waals surface area contributed by atoms with E-state index in [0.29, 0.717) is 19.5 Å². The van der Waals surface area contributed by atoms with Crippen molar-refractivity contribution in [3.8, 4) is 0 Å². The van der Waals surface area contributed by atoms with Gasteiger partial charge >= 0.3 is 12.0 Å². The molecular weight excluding hydrogens is 330 g/mol. The highest BCUT2D eigenvalue weighted by Gasteiger charge is 2.31. The number of fused-ring (bicyclic) bond motifs is 1. The van der Waals surface area contributed by atoms with Gasteiger partial charge < -0.3 is 20.3 Å². The van der Waals surface area contributed by atoms with Crippen LogP contribution in [0.5, 0.6) is 0 Å². The molecule has 1 fully saturated rings. The van der Waals surface area contributed by atoms with E-state index in [1.165, 1.54) is 10.9 Å². The molecule has 0 spiro atoms. The van der Waals surface area contributed by atoms with E-state index in [0.717, 1.165) is 22.3 Å². The van der Waals surface area contributed by atoms with Crippen molar-refractivity contribution in [3.63, 3.8) is 0 Å². The van der Waals surface area contributed by atoms with Crippen molar-refractivity contribution >= 4 is 22.9 Å². The average Bonchev–Trinajstić information content (AvgIpc) is 2.87. The SMILES string of the molecule is Cc1cc(CNC(=O)N2CC(C)CC(C(=O)O)C2)c2[nH]c(C)c(C)c2c1. The van der Waals surface area contributed by atoms with Gasteiger partial charge in [-0.1, -0.05) is 18.6 Å². The molecule has 6 nitrogen and oxygen atoms in total. The van der Waals surface area contributed by atoms with E-state index < -0.39 is 11.9 Å². The number of nitrogens with one attached hydrogen (secondary N) is 2. The van der Waals surface area contributed by atoms with Gasteiger partial charge in [-0.3, -0.25) is 4.79 Å². The second-order valence-corrected chi connectivity index (χ2v) is 7.66. The first-order valence-corrected chi connectivity index (χ1v) is 9.10. The predicted molar refractivity (Wildman–Crippen MR) is 101 cm³/mol. The summed E-state index contributed by atoms with van der Waals surface area (Å²) in [5.41, 5.74) is 5.62. The largest absolute Gasteiger partial charge is 0.481 e. The molecule has 26 heavy (non-hydrogen) atoms. The normalized spacial score (nSPS) is 20.4. The number of amides is 2. The summed E-state index contributed by atoms with van der Waals surface area (Å²) in [5.74, 6) is -1.12. The second kappa shape index (κ2) is 7.02. The van der Waals surface area contributed by atoms with Crippen LogP contribution in [0.2, 0.25) is 0 Å². The molecule has 1 saturated heterocycles. The summed E-state index contributed by atoms with van der Waals surface area (Å²) in [5, 5.41) is 13.4. The fourth-order valence-electron chi connectivity index (χ4n) is 3.91. The number of rotatable bonds is 3. The molecule has 6 heteroatoms. The lowest BCUT2D eigenvalue weighted by Gasteiger charge is -2.34. The van der Waals surface area contributed by atoms with Gasteiger partial charge in [0.25, 0.3) is 0 Å². The van der Waals surface area contributed by atoms with Crippen molar-refractivity contribution in [2.24, 2.45) is 11.8 Å². The molecule has 3 N–H and O–H groups in total. The summed E-state index contributed by atoms with van der Waals surface area (Å²) >= 11 is 0. The van der Waals surface area contributed by atoms with Gasteiger partial charge in [0.2, 0.25) is 0 Å². The van der Waals surface area contributed by atoms with Crippen LogP contribution in [0.1, 0.15) is 35.7 Å². The lowest BCUT2D eigenvalue weighted by Crippen LogP contribution is -2.49. The Morgan fingerprint density at radius 1 is 1.27 bits per heavy atom. The van der Waals surface area contributed by atoms with Crippen LogP contribution in [0.3, 0.4) is 0 Å². The van der Waals surface area contributed by atoms with E-state index in [4.69, 9.17) is 0 Å². The fourth-order valence-corrected chi connectivity index (χ4v) is 3.91. The summed E-state index contributed by atoms with van der Waals surface area (Å²) in [4.78, 5) is 28.9. The smallest absolute Gasteiger partial charge is 0.317 e. The zero-order valence-corrected chi connectivity index (χ0v) is 15.8. The number of hydrogen-bond acceptors (Lipinski definition) is 2. The van der Waals surface area contributed by atoms with Crippen molar-refractivity contribution in [1.82, 2.24) is 15.2 Å². The van der Waals surface area contributed by atoms with E-state index >= 15 is 0 Å². The van der Waals surface area contributed by atoms with Crippen molar-refractivity contribution < 1.29 is 14.7 Å². The molecule has 0 saturated carbocycles. The molecule has 0 radical (unpaired) electrons. The molecule has 2 unspecified atom stereocenters. The molecule has 2 amide bonds. The van der Waals surface area contributed by atoms with Gasteiger partial charge in [0.1, 0.15) is 0 Å². The second-order valence-electron chi connectivity index (χ2n) is 7.66. The van der Waals surface area contributed by atoms with Gasteiger partial charge in [-0.2, -0.15) is 0 Å². The Morgan fingerprint density at radius 2 is 2.00 bits per heavy atom. The Bertz CT molecular complexity index is 856. The molecule has 0 aliphatic carbocycles. The van der Waals surface area contributed by atoms with Crippen LogP contribution in [0, 0.1) is 32.6 Å². The van der Waals surface area contributed by atoms with Gasteiger partial charge in [-0.15, -0.1) is 0 Å². The number of aromatic amines is 1. The minimum atomic E-state index is -0.827. The number of carbonyl (C=O) groups excluding carboxylic acids is 1. The zero-order chi connectivity index (χ0) is 19.0. The monoisotopic (exact) mass is 357 g/mol. The third kappa shape index (κ3) is 3.54. The number of H-pyrrole nitrogens is 1. The summed E-state index contributed by atoms with van der Waals surface area (Å²) in [7, 11) is 0. The van der Waals surface area contributed by atoms with E-state index in [1.54, 1.807) is 4.90 Å². The summed E-state index contributed by atoms with van der Waals surface area (Å²) < 4.78 is 0. The van der Waals surface area contributed by atoms with Gasteiger partial charge in [-0.05, 0) is 50.3 Å². The maximum atomic E-state index is 12.6. The maximum absolute atomic E-state index is 12.6. The number of hydrogen-bond donors (Lipinski definition) is 3. The molecule has 1 aromatic carbocycles. The van der Waals surface area contributed by atoms with E-state index in [-0.39, 0.29) is 18.5 Å². The summed E-state index contributed by atoms with van der Waals surface area (Å²) in [6.07, 6.45) is 0.624. The molecule has 3 rings (SSSR count). The van der Waals surface area contributed by atoms with Gasteiger partial charge in [0.05, 0.1) is 11.4 Å². The lowest BCUT2D eigenvalue weighted by molar-refractivity contribution is -0.143. The number of nitrogens with zero attached hydrogens (tertiary/aromatic N) is 1. The number of aryl methyl sites for hydroxylation is 3. The molecule has 1 aromatic heterocycles. The average molecular weight is 357 g/mol. The number of urea groups is 1. The number of likely N-dealkylation sites (tertiary alicyclic amines) is 1. The summed E-state index contributed by atoms with van der Waals surface area (Å²) in [6.45, 7) is 9.47. The van der Waals surface area contributed by atoms with Crippen LogP contribution < -0.4 is 5.32 Å². The maximum Gasteiger partial charge on any atom is 0.317 e. The minimum absolute atomic E-state index is 0.190. The first-order chi connectivity index (χ1) is 12.3. The molecular formula is C20H27N3O3. The molecule has 1 aliphatic rings. The quantitative estimate of drug-likeness (QED) is 0.787. The van der Waals surface area contributed by atoms with Gasteiger partial charge in [-0.25, -0.2) is 4.79 Å². The van der Waals surface area contributed by atoms with Crippen LogP contribution in [0.4, 0.5) is 4.79 Å². The number of carboxylic acid groups (broad SMARTS) is 1. The standard InChI is InChI=1S/C20H27N3O3/c1-11-5-15(18-17(7-11)13(3)14(4)22-18)8-21-20(26)23-9-12(2)6-16(10-23)19(24)25/h5,7,12,16,22H,6,8-10H2,1-4H3,(H,21,26)(H,24,25). The Balaban J connectivity index is 1.74. The Morgan fingerprint density at radius 3 is 2.69 bits per heavy atom. The number of carboxylic acids is 1. The van der Waals surface area contributed by atoms with Crippen LogP contribution in [0.25, 0.3) is 10.9 Å². The van der Waals surface area contributed by atoms with Crippen molar-refractivity contribution in [3.05, 3.63) is 34.5 Å². The minimum Gasteiger partial charge on any atom is -0.481 e. The predicted octanol–water partition coefficient (Wildman–Crippen LogP) is 3.35. The van der Waals surface area contributed by atoms with Crippen LogP contribution >= 0.6 is 0 Å². The Kier molecular flexibility index (Phi) is 4.94. The molecule has 1 aliphatic heterocycles. The molecule has 2 aromatic rings. The Hall–Kier alpha value is -2.50. The zero-order valence-electron chi connectivity index (χ0n) is 15.8. The first-order valence-electron chi connectivity index (χ1n) is 9.10. The fraction of sp³-hybridized carbons (Fsp3) is 0.500. The number of aromatic nitrogens is 1. The highest BCUT2D eigenvalue weighted by atomic mass is 16.4. The van der Waals surface area contributed by atoms with Crippen molar-refractivity contribution in [1.29, 1.82) is 0 Å². The Labute approximate surface area is 153 Å². The van der Waals surface area contributed by atoms with E-state index in [2.05, 4.69) is 36.3 Å². The lowest BCUT2D eigenvalue weighted by atomic mass is 9.91. The number of piperidine rings is 1. The van der Waals surface area contributed by atoms with Gasteiger partial charge in [0, 0.05) is 30.7 Å². The highest BCUT2D eigenvalue weighted by Crippen LogP contribution is 2.26. The molecule has 140 valence electrons. The molecule has 2 heterocycles. The highest BCUT2D eigenvalue weighted by molar-refractivity contribution is 5.88. The van der Waals surface area contributed by atoms with Crippen LogP contribution in [-0.4, -0.2) is 40.1 Å². The molecule has 2 atom stereocenters. The van der Waals surface area contributed by atoms with Crippen LogP contribution in [-0.2, 0) is 11.3 Å². The third-order valence-corrected chi connectivity index (χ3v) is 5.37. The van der Waals surface area contributed by atoms with Crippen molar-refractivity contribution in [2.45, 2.75) is 40.7 Å².